The molecular formula is C68H112N4O51. The van der Waals surface area contributed by atoms with Crippen LogP contribution in [0.1, 0.15) is 47.5 Å². The molecule has 9 rings (SSSR count). The van der Waals surface area contributed by atoms with Crippen LogP contribution in [-0.4, -0.2) is 519 Å². The summed E-state index contributed by atoms with van der Waals surface area (Å²) in [4.78, 5) is 78.8. The molecule has 0 bridgehead atoms. The average Bonchev–Trinajstić information content (AvgIpc) is 0.762. The van der Waals surface area contributed by atoms with Gasteiger partial charge in [0.2, 0.25) is 23.6 Å². The number of hydrogen-bond donors (Lipinski definition) is 32. The molecule has 0 aromatic carbocycles. The molecule has 9 aliphatic rings. The Morgan fingerprint density at radius 1 is 0.358 bits per heavy atom. The molecule has 0 aromatic heterocycles. The number of aliphatic carboxylic acids is 2. The summed E-state index contributed by atoms with van der Waals surface area (Å²) in [6, 6.07) is -8.00. The number of aliphatic hydroxyl groups is 26. The van der Waals surface area contributed by atoms with Crippen LogP contribution in [0.5, 0.6) is 0 Å². The van der Waals surface area contributed by atoms with Crippen molar-refractivity contribution in [3.05, 3.63) is 0 Å². The SMILES string of the molecule is CC(=O)N[C@H]1[C@H](OC[C@H]2O[C@@H](O[C@H]3[C@H](O)[C@@H](O)C(O)O[C@@H]3CO)[C@H](O)[C@@H](O[C@@H]3O[C@H](CO[C@]4(C(=O)O)C[C@H](O)[C@@H](NC(C)=O)[C@H]([C@H](O)[C@H](O)CO)O4)[C@@H](O)[C@H](O[C@@H]4O[C@H](CO)[C@H](O)[C@H](O[C@]5(C(=O)O)C[C@H](O)[C@@H](NC(C)=O)[C@H]([C@H](O)[C@H](O)CO)O5)[C@H]4O)[C@H]3NC(C)=O)[C@H]2O)O[C@H](CO)[C@@H](O[C@@H]2O[C@H](CO)[C@H](O)[C@H](O)[C@H]2O[C@@H]2O[C@@H](C)[C@@H](O)[C@@H](O)[C@@H]2O)[C@@H]1O. The van der Waals surface area contributed by atoms with E-state index in [1.807, 2.05) is 0 Å². The van der Waals surface area contributed by atoms with Gasteiger partial charge in [0.25, 0.3) is 11.6 Å². The quantitative estimate of drug-likeness (QED) is 0.0284. The molecule has 0 radical (unpaired) electrons. The number of aliphatic hydroxyl groups excluding tert-OH is 26. The van der Waals surface area contributed by atoms with Crippen molar-refractivity contribution < 1.29 is 252 Å². The van der Waals surface area contributed by atoms with Crippen molar-refractivity contribution in [1.29, 1.82) is 0 Å². The monoisotopic (exact) mass is 1800 g/mol. The van der Waals surface area contributed by atoms with Crippen LogP contribution >= 0.6 is 0 Å². The standard InChI is InChI=1S/C68H112N4O51/c1-16-35(87)43(95)47(99)61(109-16)120-57-44(96)38(90)25(10-75)112-64(57)117-50-28(13-78)113-59(33(42(50)94)71-19(4)81)107-14-29-41(93)55(48(100)62(115-29)116-51-27(12-77)110-58(102)46(98)45(51)97)119-60-34(72-20(5)82)52(40(92)30(114-60)15-108-67(65(103)104)6-21(83)31(69-17(2)79)53(121-67)36(88)23(85)8-73)118-63-49(101)56(39(91)26(11-76)111-63)123-68(66(105)106)7-22(84)32(70-18(3)80)54(122-68)37(89)24(86)9-74/h16,21-64,73-78,83-102H,6-15H2,1-5H3,(H,69,79)(H,70,80)(H,71,81)(H,72,82)(H,103,104)(H,105,106)/t16-,21-,22-,23+,24+,25+,26+,27+,28+,29+,30+,31+,32+,33+,34+,35+,36+,37+,38-,39-,40+,41-,42+,43+,44-,45+,46+,47-,48+,49+,50+,51+,52+,53+,54+,55-,56-,57+,58?,59+,60-,61-,62-,63-,64-,67+,68-/m0/s1. The molecule has 9 saturated heterocycles. The van der Waals surface area contributed by atoms with Gasteiger partial charge < -0.3 is 245 Å². The molecule has 9 heterocycles. The second kappa shape index (κ2) is 43.2. The van der Waals surface area contributed by atoms with Crippen molar-refractivity contribution in [2.24, 2.45) is 0 Å². The summed E-state index contributed by atoms with van der Waals surface area (Å²) in [7, 11) is 0. The fourth-order valence-corrected chi connectivity index (χ4v) is 15.7. The molecule has 47 atom stereocenters. The van der Waals surface area contributed by atoms with Crippen molar-refractivity contribution >= 4 is 35.6 Å². The Kier molecular flexibility index (Phi) is 35.8. The first-order valence-corrected chi connectivity index (χ1v) is 38.7. The van der Waals surface area contributed by atoms with Gasteiger partial charge in [-0.3, -0.25) is 19.2 Å². The number of hydrogen-bond acceptors (Lipinski definition) is 49. The number of rotatable bonds is 34. The van der Waals surface area contributed by atoms with E-state index >= 15 is 0 Å². The van der Waals surface area contributed by atoms with Crippen molar-refractivity contribution in [3.63, 3.8) is 0 Å². The zero-order valence-electron chi connectivity index (χ0n) is 66.0. The van der Waals surface area contributed by atoms with Crippen LogP contribution in [0.2, 0.25) is 0 Å². The Bertz CT molecular complexity index is 3430. The van der Waals surface area contributed by atoms with Crippen LogP contribution in [0.15, 0.2) is 0 Å². The summed E-state index contributed by atoms with van der Waals surface area (Å²) < 4.78 is 100. The maximum absolute atomic E-state index is 13.7. The molecule has 55 heteroatoms. The molecule has 0 saturated carbocycles. The van der Waals surface area contributed by atoms with Gasteiger partial charge in [0.1, 0.15) is 201 Å². The van der Waals surface area contributed by atoms with Crippen LogP contribution in [0.25, 0.3) is 0 Å². The van der Waals surface area contributed by atoms with E-state index in [0.717, 1.165) is 27.7 Å². The number of carbonyl (C=O) groups is 6. The van der Waals surface area contributed by atoms with Crippen molar-refractivity contribution in [2.75, 3.05) is 52.9 Å². The number of carboxylic acid groups (broad SMARTS) is 2. The molecular weight excluding hydrogens is 1690 g/mol. The van der Waals surface area contributed by atoms with E-state index in [-0.39, 0.29) is 0 Å². The fraction of sp³-hybridized carbons (Fsp3) is 0.912. The van der Waals surface area contributed by atoms with Gasteiger partial charge >= 0.3 is 11.9 Å². The Labute approximate surface area is 694 Å². The average molecular weight is 1800 g/mol. The van der Waals surface area contributed by atoms with E-state index in [2.05, 4.69) is 21.3 Å². The first-order chi connectivity index (χ1) is 57.8. The van der Waals surface area contributed by atoms with Gasteiger partial charge in [-0.1, -0.05) is 0 Å². The maximum Gasteiger partial charge on any atom is 0.364 e. The minimum Gasteiger partial charge on any atom is -0.477 e. The number of ether oxygens (including phenoxy) is 17. The van der Waals surface area contributed by atoms with Crippen molar-refractivity contribution in [3.8, 4) is 0 Å². The van der Waals surface area contributed by atoms with E-state index in [4.69, 9.17) is 80.5 Å². The van der Waals surface area contributed by atoms with Gasteiger partial charge in [-0.2, -0.15) is 0 Å². The van der Waals surface area contributed by atoms with E-state index in [1.165, 1.54) is 6.92 Å². The highest BCUT2D eigenvalue weighted by Crippen LogP contribution is 2.43. The summed E-state index contributed by atoms with van der Waals surface area (Å²) in [6.45, 7) is -5.29. The second-order valence-electron chi connectivity index (χ2n) is 31.0. The predicted octanol–water partition coefficient (Wildman–Crippen LogP) is -20.6. The highest BCUT2D eigenvalue weighted by molar-refractivity contribution is 5.78. The Morgan fingerprint density at radius 2 is 0.748 bits per heavy atom. The summed E-state index contributed by atoms with van der Waals surface area (Å²) in [6.07, 6.45) is -94.5. The number of carboxylic acids is 2. The summed E-state index contributed by atoms with van der Waals surface area (Å²) in [5.74, 6) is -15.3. The number of carbonyl (C=O) groups excluding carboxylic acids is 4. The molecule has 9 aliphatic heterocycles. The summed E-state index contributed by atoms with van der Waals surface area (Å²) in [5.41, 5.74) is 0. The topological polar surface area (TPSA) is 874 Å². The first-order valence-electron chi connectivity index (χ1n) is 38.7. The molecule has 0 aromatic rings. The third-order valence-corrected chi connectivity index (χ3v) is 22.3. The zero-order valence-corrected chi connectivity index (χ0v) is 66.0. The molecule has 0 aliphatic carbocycles. The highest BCUT2D eigenvalue weighted by atomic mass is 16.8. The smallest absolute Gasteiger partial charge is 0.364 e. The second-order valence-corrected chi connectivity index (χ2v) is 31.0. The summed E-state index contributed by atoms with van der Waals surface area (Å²) >= 11 is 0. The van der Waals surface area contributed by atoms with Crippen LogP contribution in [0, 0.1) is 0 Å². The lowest BCUT2D eigenvalue weighted by atomic mass is 9.88. The molecule has 32 N–H and O–H groups in total. The van der Waals surface area contributed by atoms with Crippen molar-refractivity contribution in [1.82, 2.24) is 21.3 Å². The number of amides is 4. The lowest BCUT2D eigenvalue weighted by Crippen LogP contribution is -2.72. The molecule has 9 fully saturated rings. The van der Waals surface area contributed by atoms with E-state index in [9.17, 15) is 172 Å². The summed E-state index contributed by atoms with van der Waals surface area (Å²) in [5, 5.41) is 321. The molecule has 123 heavy (non-hydrogen) atoms. The van der Waals surface area contributed by atoms with Gasteiger partial charge in [0.05, 0.1) is 83.3 Å². The molecule has 710 valence electrons. The molecule has 0 spiro atoms. The lowest BCUT2D eigenvalue weighted by Gasteiger charge is -2.52. The number of nitrogens with one attached hydrogen (secondary N) is 4. The van der Waals surface area contributed by atoms with Crippen LogP contribution < -0.4 is 21.3 Å². The van der Waals surface area contributed by atoms with Gasteiger partial charge in [0, 0.05) is 40.5 Å². The molecule has 1 unspecified atom stereocenters. The largest absolute Gasteiger partial charge is 0.477 e. The van der Waals surface area contributed by atoms with Gasteiger partial charge in [-0.15, -0.1) is 0 Å². The Hall–Kier alpha value is -4.90. The molecule has 55 nitrogen and oxygen atoms in total. The predicted molar refractivity (Wildman–Crippen MR) is 376 cm³/mol. The van der Waals surface area contributed by atoms with Gasteiger partial charge in [-0.25, -0.2) is 9.59 Å². The minimum absolute atomic E-state index is 0.782. The van der Waals surface area contributed by atoms with E-state index in [0.29, 0.717) is 0 Å². The van der Waals surface area contributed by atoms with Crippen LogP contribution in [-0.2, 0) is 109 Å². The zero-order chi connectivity index (χ0) is 91.4. The fourth-order valence-electron chi connectivity index (χ4n) is 15.7. The van der Waals surface area contributed by atoms with Gasteiger partial charge in [0.15, 0.2) is 44.0 Å². The van der Waals surface area contributed by atoms with Crippen LogP contribution in [0.3, 0.4) is 0 Å². The highest BCUT2D eigenvalue weighted by Gasteiger charge is 2.64. The third-order valence-electron chi connectivity index (χ3n) is 22.3. The Morgan fingerprint density at radius 3 is 1.28 bits per heavy atom. The lowest BCUT2D eigenvalue weighted by molar-refractivity contribution is -0.393. The Balaban J connectivity index is 1.10. The maximum atomic E-state index is 13.7. The third kappa shape index (κ3) is 22.4. The van der Waals surface area contributed by atoms with Crippen molar-refractivity contribution in [2.45, 2.75) is 335 Å². The minimum atomic E-state index is -3.45. The van der Waals surface area contributed by atoms with E-state index < -0.39 is 389 Å². The normalized spacial score (nSPS) is 46.6. The van der Waals surface area contributed by atoms with Gasteiger partial charge in [-0.05, 0) is 6.92 Å². The molecule has 4 amide bonds. The van der Waals surface area contributed by atoms with E-state index in [1.54, 1.807) is 0 Å². The van der Waals surface area contributed by atoms with Crippen LogP contribution in [0.4, 0.5) is 0 Å². The first kappa shape index (κ1) is 102.